The van der Waals surface area contributed by atoms with E-state index in [0.717, 1.165) is 12.8 Å². The molecule has 0 amide bonds. The number of hydrogen-bond acceptors (Lipinski definition) is 4. The molecule has 0 aliphatic heterocycles. The molecule has 0 heterocycles. The fourth-order valence-electron chi connectivity index (χ4n) is 4.21. The highest BCUT2D eigenvalue weighted by molar-refractivity contribution is 5.76. The van der Waals surface area contributed by atoms with E-state index in [0.29, 0.717) is 36.2 Å². The van der Waals surface area contributed by atoms with Crippen LogP contribution in [0, 0.1) is 11.8 Å². The first-order chi connectivity index (χ1) is 12.7. The van der Waals surface area contributed by atoms with Crippen molar-refractivity contribution in [3.8, 4) is 11.5 Å². The molecule has 0 aromatic heterocycles. The van der Waals surface area contributed by atoms with Gasteiger partial charge in [-0.3, -0.25) is 9.59 Å². The standard InChI is InChI=1S/C22H30O4/c23-21(15-13-17-7-1-2-8-17)25-19-11-5-6-12-20(19)26-22(24)16-14-18-9-3-4-10-18/h5-6,11-12,17-18H,1-4,7-10,13-16H2. The number of carbonyl (C=O) groups excluding carboxylic acids is 2. The van der Waals surface area contributed by atoms with Crippen molar-refractivity contribution in [3.05, 3.63) is 24.3 Å². The molecule has 0 unspecified atom stereocenters. The molecule has 0 bridgehead atoms. The third kappa shape index (κ3) is 5.86. The summed E-state index contributed by atoms with van der Waals surface area (Å²) in [6, 6.07) is 6.95. The van der Waals surface area contributed by atoms with E-state index in [4.69, 9.17) is 9.47 Å². The summed E-state index contributed by atoms with van der Waals surface area (Å²) in [6.45, 7) is 0. The van der Waals surface area contributed by atoms with Crippen molar-refractivity contribution in [2.75, 3.05) is 0 Å². The Morgan fingerprint density at radius 1 is 0.731 bits per heavy atom. The maximum absolute atomic E-state index is 12.1. The van der Waals surface area contributed by atoms with Crippen LogP contribution in [0.2, 0.25) is 0 Å². The Kier molecular flexibility index (Phi) is 7.10. The third-order valence-electron chi connectivity index (χ3n) is 5.76. The monoisotopic (exact) mass is 358 g/mol. The van der Waals surface area contributed by atoms with Gasteiger partial charge in [0.25, 0.3) is 0 Å². The minimum absolute atomic E-state index is 0.244. The quantitative estimate of drug-likeness (QED) is 0.459. The fourth-order valence-corrected chi connectivity index (χ4v) is 4.21. The van der Waals surface area contributed by atoms with Crippen molar-refractivity contribution >= 4 is 11.9 Å². The van der Waals surface area contributed by atoms with Gasteiger partial charge in [0.15, 0.2) is 11.5 Å². The summed E-state index contributed by atoms with van der Waals surface area (Å²) in [5.74, 6) is 1.52. The van der Waals surface area contributed by atoms with E-state index < -0.39 is 0 Å². The van der Waals surface area contributed by atoms with Crippen LogP contribution in [0.4, 0.5) is 0 Å². The number of carbonyl (C=O) groups is 2. The van der Waals surface area contributed by atoms with Crippen LogP contribution in [-0.2, 0) is 9.59 Å². The van der Waals surface area contributed by atoms with Gasteiger partial charge in [0.05, 0.1) is 0 Å². The Morgan fingerprint density at radius 3 is 1.50 bits per heavy atom. The van der Waals surface area contributed by atoms with Gasteiger partial charge in [0.1, 0.15) is 0 Å². The van der Waals surface area contributed by atoms with Gasteiger partial charge in [-0.2, -0.15) is 0 Å². The van der Waals surface area contributed by atoms with Crippen LogP contribution in [0.15, 0.2) is 24.3 Å². The lowest BCUT2D eigenvalue weighted by Crippen LogP contribution is -2.13. The summed E-state index contributed by atoms with van der Waals surface area (Å²) in [4.78, 5) is 24.3. The second-order valence-electron chi connectivity index (χ2n) is 7.77. The van der Waals surface area contributed by atoms with Gasteiger partial charge in [-0.1, -0.05) is 63.5 Å². The predicted molar refractivity (Wildman–Crippen MR) is 100 cm³/mol. The molecule has 142 valence electrons. The van der Waals surface area contributed by atoms with Crippen LogP contribution in [0.1, 0.15) is 77.0 Å². The van der Waals surface area contributed by atoms with E-state index in [1.54, 1.807) is 24.3 Å². The van der Waals surface area contributed by atoms with Crippen molar-refractivity contribution in [2.45, 2.75) is 77.0 Å². The fraction of sp³-hybridized carbons (Fsp3) is 0.636. The number of benzene rings is 1. The van der Waals surface area contributed by atoms with Gasteiger partial charge >= 0.3 is 11.9 Å². The highest BCUT2D eigenvalue weighted by Crippen LogP contribution is 2.31. The summed E-state index contributed by atoms with van der Waals surface area (Å²) in [7, 11) is 0. The second kappa shape index (κ2) is 9.75. The van der Waals surface area contributed by atoms with Gasteiger partial charge in [0.2, 0.25) is 0 Å². The van der Waals surface area contributed by atoms with E-state index in [2.05, 4.69) is 0 Å². The average Bonchev–Trinajstić information content (AvgIpc) is 3.34. The molecule has 1 aromatic rings. The lowest BCUT2D eigenvalue weighted by Gasteiger charge is -2.12. The van der Waals surface area contributed by atoms with Crippen molar-refractivity contribution in [3.63, 3.8) is 0 Å². The van der Waals surface area contributed by atoms with Crippen LogP contribution >= 0.6 is 0 Å². The van der Waals surface area contributed by atoms with E-state index in [1.165, 1.54) is 51.4 Å². The largest absolute Gasteiger partial charge is 0.423 e. The summed E-state index contributed by atoms with van der Waals surface area (Å²) in [5.41, 5.74) is 0. The van der Waals surface area contributed by atoms with Crippen LogP contribution in [-0.4, -0.2) is 11.9 Å². The van der Waals surface area contributed by atoms with Crippen LogP contribution in [0.5, 0.6) is 11.5 Å². The molecule has 1 aromatic carbocycles. The Hall–Kier alpha value is -1.84. The van der Waals surface area contributed by atoms with Gasteiger partial charge in [0, 0.05) is 12.8 Å². The normalized spacial score (nSPS) is 18.2. The van der Waals surface area contributed by atoms with Crippen LogP contribution in [0.3, 0.4) is 0 Å². The molecule has 2 fully saturated rings. The summed E-state index contributed by atoms with van der Waals surface area (Å²) in [6.07, 6.45) is 12.6. The molecule has 26 heavy (non-hydrogen) atoms. The minimum Gasteiger partial charge on any atom is -0.423 e. The van der Waals surface area contributed by atoms with Crippen LogP contribution in [0.25, 0.3) is 0 Å². The number of para-hydroxylation sites is 2. The second-order valence-corrected chi connectivity index (χ2v) is 7.77. The first-order valence-electron chi connectivity index (χ1n) is 10.2. The lowest BCUT2D eigenvalue weighted by molar-refractivity contribution is -0.137. The molecular formula is C22H30O4. The number of ether oxygens (including phenoxy) is 2. The zero-order chi connectivity index (χ0) is 18.2. The Balaban J connectivity index is 1.46. The van der Waals surface area contributed by atoms with Gasteiger partial charge in [-0.05, 0) is 36.8 Å². The Morgan fingerprint density at radius 2 is 1.12 bits per heavy atom. The molecule has 2 aliphatic rings. The zero-order valence-electron chi connectivity index (χ0n) is 15.6. The van der Waals surface area contributed by atoms with Crippen molar-refractivity contribution in [1.29, 1.82) is 0 Å². The molecular weight excluding hydrogens is 328 g/mol. The zero-order valence-corrected chi connectivity index (χ0v) is 15.6. The van der Waals surface area contributed by atoms with Crippen molar-refractivity contribution in [2.24, 2.45) is 11.8 Å². The van der Waals surface area contributed by atoms with E-state index in [9.17, 15) is 9.59 Å². The third-order valence-corrected chi connectivity index (χ3v) is 5.76. The molecule has 4 heteroatoms. The maximum Gasteiger partial charge on any atom is 0.311 e. The number of hydrogen-bond donors (Lipinski definition) is 0. The van der Waals surface area contributed by atoms with Crippen molar-refractivity contribution in [1.82, 2.24) is 0 Å². The summed E-state index contributed by atoms with van der Waals surface area (Å²) >= 11 is 0. The first-order valence-corrected chi connectivity index (χ1v) is 10.2. The summed E-state index contributed by atoms with van der Waals surface area (Å²) in [5, 5.41) is 0. The summed E-state index contributed by atoms with van der Waals surface area (Å²) < 4.78 is 10.9. The topological polar surface area (TPSA) is 52.6 Å². The minimum atomic E-state index is -0.244. The smallest absolute Gasteiger partial charge is 0.311 e. The first kappa shape index (κ1) is 18.9. The van der Waals surface area contributed by atoms with E-state index >= 15 is 0 Å². The molecule has 2 aliphatic carbocycles. The van der Waals surface area contributed by atoms with Gasteiger partial charge < -0.3 is 9.47 Å². The molecule has 0 atom stereocenters. The van der Waals surface area contributed by atoms with Crippen LogP contribution < -0.4 is 9.47 Å². The van der Waals surface area contributed by atoms with Gasteiger partial charge in [-0.25, -0.2) is 0 Å². The Labute approximate surface area is 156 Å². The molecule has 4 nitrogen and oxygen atoms in total. The molecule has 2 saturated carbocycles. The lowest BCUT2D eigenvalue weighted by atomic mass is 10.0. The Bertz CT molecular complexity index is 545. The maximum atomic E-state index is 12.1. The molecule has 0 spiro atoms. The molecule has 0 saturated heterocycles. The molecule has 0 N–H and O–H groups in total. The van der Waals surface area contributed by atoms with Gasteiger partial charge in [-0.15, -0.1) is 0 Å². The highest BCUT2D eigenvalue weighted by atomic mass is 16.6. The number of esters is 2. The van der Waals surface area contributed by atoms with Crippen molar-refractivity contribution < 1.29 is 19.1 Å². The molecule has 3 rings (SSSR count). The SMILES string of the molecule is O=C(CCC1CCCC1)Oc1ccccc1OC(=O)CCC1CCCC1. The van der Waals surface area contributed by atoms with E-state index in [-0.39, 0.29) is 11.9 Å². The van der Waals surface area contributed by atoms with E-state index in [1.807, 2.05) is 0 Å². The molecule has 0 radical (unpaired) electrons. The number of rotatable bonds is 8. The average molecular weight is 358 g/mol. The predicted octanol–water partition coefficient (Wildman–Crippen LogP) is 5.44. The highest BCUT2D eigenvalue weighted by Gasteiger charge is 2.20.